The van der Waals surface area contributed by atoms with Gasteiger partial charge in [-0.25, -0.2) is 0 Å². The molecule has 3 aromatic rings. The van der Waals surface area contributed by atoms with Gasteiger partial charge in [-0.3, -0.25) is 0 Å². The zero-order valence-electron chi connectivity index (χ0n) is 17.2. The monoisotopic (exact) mass is 406 g/mol. The third kappa shape index (κ3) is 8.09. The van der Waals surface area contributed by atoms with Gasteiger partial charge in [0.1, 0.15) is 0 Å². The summed E-state index contributed by atoms with van der Waals surface area (Å²) in [6.07, 6.45) is 1.22. The highest BCUT2D eigenvalue weighted by Gasteiger charge is 2.26. The Labute approximate surface area is 179 Å². The first kappa shape index (κ1) is 22.2. The molecule has 4 heteroatoms. The molecule has 0 unspecified atom stereocenters. The molecular weight excluding hydrogens is 376 g/mol. The Hall–Kier alpha value is -2.50. The molecular formula is C26H30O4. The van der Waals surface area contributed by atoms with E-state index in [1.807, 2.05) is 66.7 Å². The first-order valence-corrected chi connectivity index (χ1v) is 10.4. The van der Waals surface area contributed by atoms with Crippen LogP contribution in [-0.4, -0.2) is 30.5 Å². The fourth-order valence-corrected chi connectivity index (χ4v) is 3.16. The minimum Gasteiger partial charge on any atom is -0.392 e. The number of aliphatic hydroxyl groups excluding tert-OH is 1. The van der Waals surface area contributed by atoms with Gasteiger partial charge in [-0.2, -0.15) is 0 Å². The van der Waals surface area contributed by atoms with Crippen molar-refractivity contribution in [1.29, 1.82) is 0 Å². The number of rotatable bonds is 8. The average molecular weight is 407 g/mol. The lowest BCUT2D eigenvalue weighted by Crippen LogP contribution is -2.16. The zero-order valence-corrected chi connectivity index (χ0v) is 17.2. The van der Waals surface area contributed by atoms with Crippen LogP contribution in [0.2, 0.25) is 0 Å². The SMILES string of the molecule is OCc1ccccc1.c1ccc(COC[C@H]2C[C@H](OCc3ccccc3)CO2)cc1. The highest BCUT2D eigenvalue weighted by molar-refractivity contribution is 5.14. The molecule has 0 bridgehead atoms. The molecule has 1 saturated heterocycles. The normalized spacial score (nSPS) is 17.9. The fourth-order valence-electron chi connectivity index (χ4n) is 3.16. The summed E-state index contributed by atoms with van der Waals surface area (Å²) in [6, 6.07) is 30.0. The zero-order chi connectivity index (χ0) is 20.9. The lowest BCUT2D eigenvalue weighted by molar-refractivity contribution is 0.00227. The highest BCUT2D eigenvalue weighted by Crippen LogP contribution is 2.18. The van der Waals surface area contributed by atoms with E-state index in [1.54, 1.807) is 0 Å². The first-order chi connectivity index (χ1) is 14.8. The predicted octanol–water partition coefficient (Wildman–Crippen LogP) is 4.76. The van der Waals surface area contributed by atoms with Gasteiger partial charge in [0.25, 0.3) is 0 Å². The Morgan fingerprint density at radius 2 is 1.27 bits per heavy atom. The minimum atomic E-state index is 0.140. The highest BCUT2D eigenvalue weighted by atomic mass is 16.6. The molecule has 4 nitrogen and oxygen atoms in total. The number of benzene rings is 3. The summed E-state index contributed by atoms with van der Waals surface area (Å²) in [4.78, 5) is 0. The molecule has 30 heavy (non-hydrogen) atoms. The largest absolute Gasteiger partial charge is 0.392 e. The van der Waals surface area contributed by atoms with Gasteiger partial charge < -0.3 is 19.3 Å². The fraction of sp³-hybridized carbons (Fsp3) is 0.308. The Balaban J connectivity index is 0.000000269. The van der Waals surface area contributed by atoms with Crippen molar-refractivity contribution in [2.45, 2.75) is 38.4 Å². The van der Waals surface area contributed by atoms with Crippen LogP contribution in [0.15, 0.2) is 91.0 Å². The van der Waals surface area contributed by atoms with E-state index >= 15 is 0 Å². The van der Waals surface area contributed by atoms with E-state index in [4.69, 9.17) is 19.3 Å². The van der Waals surface area contributed by atoms with Crippen LogP contribution in [-0.2, 0) is 34.0 Å². The molecule has 3 aromatic carbocycles. The van der Waals surface area contributed by atoms with Crippen LogP contribution >= 0.6 is 0 Å². The molecule has 4 rings (SSSR count). The Morgan fingerprint density at radius 3 is 1.80 bits per heavy atom. The molecule has 158 valence electrons. The summed E-state index contributed by atoms with van der Waals surface area (Å²) in [5, 5.41) is 8.54. The molecule has 1 aliphatic rings. The van der Waals surface area contributed by atoms with Crippen molar-refractivity contribution in [3.63, 3.8) is 0 Å². The van der Waals surface area contributed by atoms with Gasteiger partial charge in [-0.05, 0) is 16.7 Å². The lowest BCUT2D eigenvalue weighted by atomic mass is 10.2. The molecule has 1 N–H and O–H groups in total. The van der Waals surface area contributed by atoms with Gasteiger partial charge in [-0.1, -0.05) is 91.0 Å². The predicted molar refractivity (Wildman–Crippen MR) is 118 cm³/mol. The first-order valence-electron chi connectivity index (χ1n) is 10.4. The third-order valence-electron chi connectivity index (χ3n) is 4.81. The van der Waals surface area contributed by atoms with E-state index in [2.05, 4.69) is 24.3 Å². The van der Waals surface area contributed by atoms with E-state index in [9.17, 15) is 0 Å². The van der Waals surface area contributed by atoms with Gasteiger partial charge in [0.2, 0.25) is 0 Å². The quantitative estimate of drug-likeness (QED) is 0.586. The maximum Gasteiger partial charge on any atom is 0.0838 e. The van der Waals surface area contributed by atoms with E-state index in [1.165, 1.54) is 11.1 Å². The molecule has 1 fully saturated rings. The van der Waals surface area contributed by atoms with Crippen molar-refractivity contribution in [2.24, 2.45) is 0 Å². The van der Waals surface area contributed by atoms with Crippen LogP contribution in [0.4, 0.5) is 0 Å². The van der Waals surface area contributed by atoms with Crippen LogP contribution in [0.5, 0.6) is 0 Å². The van der Waals surface area contributed by atoms with Gasteiger partial charge in [-0.15, -0.1) is 0 Å². The van der Waals surface area contributed by atoms with E-state index in [0.717, 1.165) is 12.0 Å². The average Bonchev–Trinajstić information content (AvgIpc) is 3.28. The molecule has 1 aliphatic heterocycles. The second-order valence-electron chi connectivity index (χ2n) is 7.25. The summed E-state index contributed by atoms with van der Waals surface area (Å²) < 4.78 is 17.4. The Morgan fingerprint density at radius 1 is 0.733 bits per heavy atom. The molecule has 0 aromatic heterocycles. The topological polar surface area (TPSA) is 47.9 Å². The van der Waals surface area contributed by atoms with Crippen LogP contribution in [0.3, 0.4) is 0 Å². The van der Waals surface area contributed by atoms with Crippen LogP contribution in [0, 0.1) is 0 Å². The van der Waals surface area contributed by atoms with Gasteiger partial charge in [0, 0.05) is 6.42 Å². The summed E-state index contributed by atoms with van der Waals surface area (Å²) in [5.74, 6) is 0. The van der Waals surface area contributed by atoms with Crippen molar-refractivity contribution in [1.82, 2.24) is 0 Å². The summed E-state index contributed by atoms with van der Waals surface area (Å²) in [6.45, 7) is 2.70. The van der Waals surface area contributed by atoms with Gasteiger partial charge in [0.05, 0.1) is 45.2 Å². The summed E-state index contributed by atoms with van der Waals surface area (Å²) in [5.41, 5.74) is 3.36. The molecule has 0 amide bonds. The van der Waals surface area contributed by atoms with Crippen molar-refractivity contribution in [3.05, 3.63) is 108 Å². The molecule has 2 atom stereocenters. The van der Waals surface area contributed by atoms with Gasteiger partial charge >= 0.3 is 0 Å². The maximum absolute atomic E-state index is 8.54. The van der Waals surface area contributed by atoms with Crippen molar-refractivity contribution < 1.29 is 19.3 Å². The molecule has 0 aliphatic carbocycles. The van der Waals surface area contributed by atoms with Gasteiger partial charge in [0.15, 0.2) is 0 Å². The molecule has 0 radical (unpaired) electrons. The maximum atomic E-state index is 8.54. The molecule has 1 heterocycles. The second kappa shape index (κ2) is 12.9. The van der Waals surface area contributed by atoms with Crippen molar-refractivity contribution in [3.8, 4) is 0 Å². The third-order valence-corrected chi connectivity index (χ3v) is 4.81. The summed E-state index contributed by atoms with van der Waals surface area (Å²) in [7, 11) is 0. The smallest absolute Gasteiger partial charge is 0.0838 e. The van der Waals surface area contributed by atoms with E-state index in [0.29, 0.717) is 26.4 Å². The van der Waals surface area contributed by atoms with Crippen molar-refractivity contribution in [2.75, 3.05) is 13.2 Å². The second-order valence-corrected chi connectivity index (χ2v) is 7.25. The Bertz CT molecular complexity index is 808. The van der Waals surface area contributed by atoms with Crippen molar-refractivity contribution >= 4 is 0 Å². The number of hydrogen-bond donors (Lipinski definition) is 1. The van der Waals surface area contributed by atoms with Crippen LogP contribution in [0.1, 0.15) is 23.1 Å². The number of aliphatic hydroxyl groups is 1. The standard InChI is InChI=1S/C19H22O3.C7H8O/c1-3-7-16(8-4-1)12-20-14-18-11-19(15-22-18)21-13-17-9-5-2-6-10-17;8-6-7-4-2-1-3-5-7/h1-10,18-19H,11-15H2;1-5,8H,6H2/t18-,19+;/m1./s1. The van der Waals surface area contributed by atoms with Crippen LogP contribution < -0.4 is 0 Å². The van der Waals surface area contributed by atoms with E-state index in [-0.39, 0.29) is 18.8 Å². The number of ether oxygens (including phenoxy) is 3. The Kier molecular flexibility index (Phi) is 9.57. The van der Waals surface area contributed by atoms with E-state index < -0.39 is 0 Å². The summed E-state index contributed by atoms with van der Waals surface area (Å²) >= 11 is 0. The lowest BCUT2D eigenvalue weighted by Gasteiger charge is -2.11. The molecule has 0 spiro atoms. The number of hydrogen-bond acceptors (Lipinski definition) is 4. The van der Waals surface area contributed by atoms with Crippen LogP contribution in [0.25, 0.3) is 0 Å². The molecule has 0 saturated carbocycles. The minimum absolute atomic E-state index is 0.140.